The molecule has 1 aliphatic rings. The van der Waals surface area contributed by atoms with Crippen molar-refractivity contribution in [2.75, 3.05) is 17.2 Å². The van der Waals surface area contributed by atoms with Crippen molar-refractivity contribution in [3.05, 3.63) is 63.7 Å². The van der Waals surface area contributed by atoms with Gasteiger partial charge in [0.25, 0.3) is 5.69 Å². The highest BCUT2D eigenvalue weighted by Gasteiger charge is 2.12. The van der Waals surface area contributed by atoms with Gasteiger partial charge in [0.15, 0.2) is 0 Å². The summed E-state index contributed by atoms with van der Waals surface area (Å²) in [5, 5.41) is 17.6. The van der Waals surface area contributed by atoms with Gasteiger partial charge >= 0.3 is 0 Å². The van der Waals surface area contributed by atoms with E-state index in [-0.39, 0.29) is 10.6 Å². The van der Waals surface area contributed by atoms with Crippen molar-refractivity contribution in [1.82, 2.24) is 0 Å². The van der Waals surface area contributed by atoms with Crippen LogP contribution < -0.4 is 10.6 Å². The summed E-state index contributed by atoms with van der Waals surface area (Å²) in [6.45, 7) is 1.60. The van der Waals surface area contributed by atoms with Crippen molar-refractivity contribution < 1.29 is 4.92 Å². The molecule has 3 rings (SSSR count). The molecular formula is C16H17N3O2. The second-order valence-electron chi connectivity index (χ2n) is 5.14. The number of fused-ring (bicyclic) bond motifs is 1. The summed E-state index contributed by atoms with van der Waals surface area (Å²) in [7, 11) is 0. The van der Waals surface area contributed by atoms with Gasteiger partial charge in [-0.05, 0) is 36.1 Å². The minimum Gasteiger partial charge on any atom is -0.385 e. The molecular weight excluding hydrogens is 266 g/mol. The SMILES string of the molecule is O=[N+]([O-])c1cccc(CNc2cccc3c2CCCN3)c1. The Morgan fingerprint density at radius 3 is 2.95 bits per heavy atom. The second kappa shape index (κ2) is 5.83. The molecule has 0 aromatic heterocycles. The van der Waals surface area contributed by atoms with Crippen LogP contribution >= 0.6 is 0 Å². The number of non-ortho nitro benzene ring substituents is 1. The van der Waals surface area contributed by atoms with Crippen molar-refractivity contribution in [1.29, 1.82) is 0 Å². The Labute approximate surface area is 123 Å². The lowest BCUT2D eigenvalue weighted by atomic mass is 10.0. The summed E-state index contributed by atoms with van der Waals surface area (Å²) in [4.78, 5) is 10.4. The third-order valence-electron chi connectivity index (χ3n) is 3.70. The zero-order valence-electron chi connectivity index (χ0n) is 11.6. The first-order valence-electron chi connectivity index (χ1n) is 7.07. The fourth-order valence-corrected chi connectivity index (χ4v) is 2.65. The highest BCUT2D eigenvalue weighted by molar-refractivity contribution is 5.66. The highest BCUT2D eigenvalue weighted by atomic mass is 16.6. The van der Waals surface area contributed by atoms with E-state index in [0.29, 0.717) is 6.54 Å². The Hall–Kier alpha value is -2.56. The van der Waals surface area contributed by atoms with Crippen LogP contribution in [-0.4, -0.2) is 11.5 Å². The molecule has 0 fully saturated rings. The van der Waals surface area contributed by atoms with Crippen LogP contribution in [-0.2, 0) is 13.0 Å². The number of hydrogen-bond donors (Lipinski definition) is 2. The fraction of sp³-hybridized carbons (Fsp3) is 0.250. The molecule has 2 aromatic rings. The summed E-state index contributed by atoms with van der Waals surface area (Å²) >= 11 is 0. The van der Waals surface area contributed by atoms with Gasteiger partial charge in [-0.3, -0.25) is 10.1 Å². The molecule has 5 heteroatoms. The quantitative estimate of drug-likeness (QED) is 0.665. The number of nitrogens with zero attached hydrogens (tertiary/aromatic N) is 1. The first kappa shape index (κ1) is 13.4. The minimum atomic E-state index is -0.363. The molecule has 0 atom stereocenters. The number of benzene rings is 2. The number of anilines is 2. The van der Waals surface area contributed by atoms with E-state index in [1.807, 2.05) is 12.1 Å². The van der Waals surface area contributed by atoms with E-state index in [1.54, 1.807) is 12.1 Å². The predicted octanol–water partition coefficient (Wildman–Crippen LogP) is 3.57. The Balaban J connectivity index is 1.76. The molecule has 0 spiro atoms. The van der Waals surface area contributed by atoms with Gasteiger partial charge in [0, 0.05) is 36.6 Å². The maximum Gasteiger partial charge on any atom is 0.269 e. The fourth-order valence-electron chi connectivity index (χ4n) is 2.65. The summed E-state index contributed by atoms with van der Waals surface area (Å²) < 4.78 is 0. The van der Waals surface area contributed by atoms with E-state index in [2.05, 4.69) is 22.8 Å². The average Bonchev–Trinajstić information content (AvgIpc) is 2.53. The standard InChI is InChI=1S/C16H17N3O2/c20-19(21)13-5-1-4-12(10-13)11-18-16-8-2-7-15-14(16)6-3-9-17-15/h1-2,4-5,7-8,10,17-18H,3,6,9,11H2. The van der Waals surface area contributed by atoms with E-state index >= 15 is 0 Å². The maximum atomic E-state index is 10.8. The van der Waals surface area contributed by atoms with Crippen LogP contribution in [0.25, 0.3) is 0 Å². The Morgan fingerprint density at radius 2 is 2.10 bits per heavy atom. The van der Waals surface area contributed by atoms with Gasteiger partial charge in [0.05, 0.1) is 4.92 Å². The third-order valence-corrected chi connectivity index (χ3v) is 3.70. The van der Waals surface area contributed by atoms with E-state index in [4.69, 9.17) is 0 Å². The Bertz CT molecular complexity index is 670. The molecule has 1 heterocycles. The zero-order valence-corrected chi connectivity index (χ0v) is 11.6. The molecule has 0 amide bonds. The smallest absolute Gasteiger partial charge is 0.269 e. The lowest BCUT2D eigenvalue weighted by molar-refractivity contribution is -0.384. The van der Waals surface area contributed by atoms with Crippen molar-refractivity contribution in [3.63, 3.8) is 0 Å². The van der Waals surface area contributed by atoms with Gasteiger partial charge in [-0.1, -0.05) is 18.2 Å². The van der Waals surface area contributed by atoms with E-state index in [1.165, 1.54) is 17.3 Å². The largest absolute Gasteiger partial charge is 0.385 e. The lowest BCUT2D eigenvalue weighted by Gasteiger charge is -2.21. The lowest BCUT2D eigenvalue weighted by Crippen LogP contribution is -2.14. The highest BCUT2D eigenvalue weighted by Crippen LogP contribution is 2.29. The molecule has 0 radical (unpaired) electrons. The number of hydrogen-bond acceptors (Lipinski definition) is 4. The van der Waals surface area contributed by atoms with Crippen LogP contribution in [0.2, 0.25) is 0 Å². The number of nitro benzene ring substituents is 1. The van der Waals surface area contributed by atoms with Crippen LogP contribution in [0, 0.1) is 10.1 Å². The second-order valence-corrected chi connectivity index (χ2v) is 5.14. The van der Waals surface area contributed by atoms with E-state index in [9.17, 15) is 10.1 Å². The van der Waals surface area contributed by atoms with Crippen LogP contribution in [0.1, 0.15) is 17.5 Å². The maximum absolute atomic E-state index is 10.8. The summed E-state index contributed by atoms with van der Waals surface area (Å²) in [5.41, 5.74) is 4.63. The normalized spacial score (nSPS) is 13.1. The molecule has 0 saturated heterocycles. The topological polar surface area (TPSA) is 67.2 Å². The monoisotopic (exact) mass is 283 g/mol. The summed E-state index contributed by atoms with van der Waals surface area (Å²) in [6, 6.07) is 12.9. The first-order valence-corrected chi connectivity index (χ1v) is 7.07. The molecule has 0 unspecified atom stereocenters. The number of rotatable bonds is 4. The molecule has 2 aromatic carbocycles. The number of nitro groups is 1. The molecule has 0 aliphatic carbocycles. The molecule has 108 valence electrons. The van der Waals surface area contributed by atoms with Crippen LogP contribution in [0.3, 0.4) is 0 Å². The van der Waals surface area contributed by atoms with Gasteiger partial charge in [-0.25, -0.2) is 0 Å². The van der Waals surface area contributed by atoms with Crippen LogP contribution in [0.4, 0.5) is 17.1 Å². The van der Waals surface area contributed by atoms with Gasteiger partial charge in [0.1, 0.15) is 0 Å². The number of nitrogens with one attached hydrogen (secondary N) is 2. The van der Waals surface area contributed by atoms with Gasteiger partial charge < -0.3 is 10.6 Å². The summed E-state index contributed by atoms with van der Waals surface area (Å²) in [6.07, 6.45) is 2.18. The van der Waals surface area contributed by atoms with Crippen molar-refractivity contribution in [3.8, 4) is 0 Å². The van der Waals surface area contributed by atoms with Gasteiger partial charge in [-0.15, -0.1) is 0 Å². The van der Waals surface area contributed by atoms with Crippen molar-refractivity contribution in [2.45, 2.75) is 19.4 Å². The predicted molar refractivity (Wildman–Crippen MR) is 83.7 cm³/mol. The molecule has 0 bridgehead atoms. The van der Waals surface area contributed by atoms with Crippen molar-refractivity contribution in [2.24, 2.45) is 0 Å². The van der Waals surface area contributed by atoms with E-state index < -0.39 is 0 Å². The minimum absolute atomic E-state index is 0.131. The van der Waals surface area contributed by atoms with E-state index in [0.717, 1.165) is 30.6 Å². The third kappa shape index (κ3) is 2.97. The Kier molecular flexibility index (Phi) is 3.73. The van der Waals surface area contributed by atoms with Gasteiger partial charge in [0.2, 0.25) is 0 Å². The van der Waals surface area contributed by atoms with Gasteiger partial charge in [-0.2, -0.15) is 0 Å². The molecule has 5 nitrogen and oxygen atoms in total. The first-order chi connectivity index (χ1) is 10.2. The molecule has 1 aliphatic heterocycles. The zero-order chi connectivity index (χ0) is 14.7. The summed E-state index contributed by atoms with van der Waals surface area (Å²) in [5.74, 6) is 0. The van der Waals surface area contributed by atoms with Crippen LogP contribution in [0.15, 0.2) is 42.5 Å². The molecule has 0 saturated carbocycles. The van der Waals surface area contributed by atoms with Crippen LogP contribution in [0.5, 0.6) is 0 Å². The molecule has 2 N–H and O–H groups in total. The average molecular weight is 283 g/mol. The molecule has 21 heavy (non-hydrogen) atoms. The van der Waals surface area contributed by atoms with Crippen molar-refractivity contribution >= 4 is 17.1 Å². The Morgan fingerprint density at radius 1 is 1.24 bits per heavy atom.